The number of rotatable bonds is 4. The lowest BCUT2D eigenvalue weighted by Gasteiger charge is -2.17. The number of hydrogen-bond donors (Lipinski definition) is 2. The van der Waals surface area contributed by atoms with Crippen LogP contribution in [0.4, 0.5) is 5.69 Å². The standard InChI is InChI=1S/C19H19N3O3S/c1-11-5-2-3-7-14(11)22-17(23)10-13(19(22)25)20-21-18(24)16-9-12-6-4-8-15(12)26-16/h2-3,5,7,9,13,20H,4,6,8,10H2,1H3,(H,21,24). The predicted octanol–water partition coefficient (Wildman–Crippen LogP) is 2.11. The third-order valence-corrected chi connectivity index (χ3v) is 6.07. The molecule has 2 N–H and O–H groups in total. The number of hydrazine groups is 1. The number of imide groups is 1. The number of nitrogens with zero attached hydrogens (tertiary/aromatic N) is 1. The van der Waals surface area contributed by atoms with Crippen LogP contribution in [0.5, 0.6) is 0 Å². The minimum atomic E-state index is -0.752. The summed E-state index contributed by atoms with van der Waals surface area (Å²) in [5, 5.41) is 0. The normalized spacial score (nSPS) is 19.1. The average Bonchev–Trinajstić information content (AvgIpc) is 3.28. The van der Waals surface area contributed by atoms with Gasteiger partial charge in [0.2, 0.25) is 5.91 Å². The van der Waals surface area contributed by atoms with Gasteiger partial charge in [0.25, 0.3) is 11.8 Å². The molecule has 0 bridgehead atoms. The van der Waals surface area contributed by atoms with Crippen LogP contribution in [-0.2, 0) is 22.4 Å². The van der Waals surface area contributed by atoms with Gasteiger partial charge in [0.05, 0.1) is 17.0 Å². The molecule has 1 aliphatic carbocycles. The fourth-order valence-corrected chi connectivity index (χ4v) is 4.62. The van der Waals surface area contributed by atoms with E-state index >= 15 is 0 Å². The highest BCUT2D eigenvalue weighted by molar-refractivity contribution is 7.14. The molecule has 1 aromatic heterocycles. The molecule has 2 heterocycles. The van der Waals surface area contributed by atoms with Crippen LogP contribution in [-0.4, -0.2) is 23.8 Å². The highest BCUT2D eigenvalue weighted by Gasteiger charge is 2.40. The molecule has 1 unspecified atom stereocenters. The maximum Gasteiger partial charge on any atom is 0.275 e. The van der Waals surface area contributed by atoms with Gasteiger partial charge >= 0.3 is 0 Å². The van der Waals surface area contributed by atoms with Gasteiger partial charge in [-0.1, -0.05) is 18.2 Å². The van der Waals surface area contributed by atoms with Gasteiger partial charge in [-0.3, -0.25) is 19.8 Å². The lowest BCUT2D eigenvalue weighted by molar-refractivity contribution is -0.121. The van der Waals surface area contributed by atoms with Crippen molar-refractivity contribution in [3.63, 3.8) is 0 Å². The van der Waals surface area contributed by atoms with Crippen LogP contribution in [0, 0.1) is 6.92 Å². The third-order valence-electron chi connectivity index (χ3n) is 4.83. The van der Waals surface area contributed by atoms with Crippen molar-refractivity contribution in [2.24, 2.45) is 0 Å². The molecule has 1 fully saturated rings. The van der Waals surface area contributed by atoms with Gasteiger partial charge < -0.3 is 0 Å². The van der Waals surface area contributed by atoms with Crippen LogP contribution in [0.2, 0.25) is 0 Å². The summed E-state index contributed by atoms with van der Waals surface area (Å²) in [6.45, 7) is 1.86. The number of anilines is 1. The summed E-state index contributed by atoms with van der Waals surface area (Å²) in [7, 11) is 0. The molecule has 1 aliphatic heterocycles. The van der Waals surface area contributed by atoms with E-state index in [1.165, 1.54) is 26.7 Å². The van der Waals surface area contributed by atoms with Crippen molar-refractivity contribution in [3.8, 4) is 0 Å². The van der Waals surface area contributed by atoms with Crippen LogP contribution in [0.3, 0.4) is 0 Å². The molecular formula is C19H19N3O3S. The van der Waals surface area contributed by atoms with Crippen LogP contribution >= 0.6 is 11.3 Å². The Morgan fingerprint density at radius 2 is 2.04 bits per heavy atom. The largest absolute Gasteiger partial charge is 0.286 e. The number of para-hydroxylation sites is 1. The molecular weight excluding hydrogens is 350 g/mol. The maximum atomic E-state index is 12.6. The number of thiophene rings is 1. The van der Waals surface area contributed by atoms with E-state index in [0.29, 0.717) is 10.6 Å². The first-order valence-electron chi connectivity index (χ1n) is 8.64. The van der Waals surface area contributed by atoms with Crippen molar-refractivity contribution in [1.29, 1.82) is 0 Å². The van der Waals surface area contributed by atoms with E-state index < -0.39 is 6.04 Å². The lowest BCUT2D eigenvalue weighted by Crippen LogP contribution is -2.48. The fraction of sp³-hybridized carbons (Fsp3) is 0.316. The Morgan fingerprint density at radius 1 is 1.23 bits per heavy atom. The average molecular weight is 369 g/mol. The van der Waals surface area contributed by atoms with Gasteiger partial charge in [0.1, 0.15) is 6.04 Å². The second kappa shape index (κ2) is 6.66. The molecule has 0 saturated carbocycles. The number of benzene rings is 1. The summed E-state index contributed by atoms with van der Waals surface area (Å²) in [5.74, 6) is -0.886. The first kappa shape index (κ1) is 16.9. The number of nitrogens with one attached hydrogen (secondary N) is 2. The Hall–Kier alpha value is -2.51. The Labute approximate surface area is 155 Å². The van der Waals surface area contributed by atoms with Crippen LogP contribution in [0.15, 0.2) is 30.3 Å². The summed E-state index contributed by atoms with van der Waals surface area (Å²) in [6.07, 6.45) is 3.22. The van der Waals surface area contributed by atoms with E-state index in [1.54, 1.807) is 12.1 Å². The Balaban J connectivity index is 1.42. The summed E-state index contributed by atoms with van der Waals surface area (Å²) >= 11 is 1.50. The number of amides is 3. The molecule has 6 nitrogen and oxygen atoms in total. The van der Waals surface area contributed by atoms with Crippen molar-refractivity contribution in [1.82, 2.24) is 10.9 Å². The Morgan fingerprint density at radius 3 is 2.81 bits per heavy atom. The van der Waals surface area contributed by atoms with Crippen LogP contribution in [0.25, 0.3) is 0 Å². The third kappa shape index (κ3) is 2.93. The summed E-state index contributed by atoms with van der Waals surface area (Å²) < 4.78 is 0. The van der Waals surface area contributed by atoms with Gasteiger partial charge in [-0.15, -0.1) is 11.3 Å². The summed E-state index contributed by atoms with van der Waals surface area (Å²) in [4.78, 5) is 40.4. The van der Waals surface area contributed by atoms with Crippen molar-refractivity contribution in [2.75, 3.05) is 4.90 Å². The number of carbonyl (C=O) groups is 3. The van der Waals surface area contributed by atoms with Crippen molar-refractivity contribution < 1.29 is 14.4 Å². The molecule has 1 saturated heterocycles. The zero-order valence-electron chi connectivity index (χ0n) is 14.4. The molecule has 0 spiro atoms. The zero-order chi connectivity index (χ0) is 18.3. The molecule has 2 aromatic rings. The minimum Gasteiger partial charge on any atom is -0.286 e. The molecule has 7 heteroatoms. The summed E-state index contributed by atoms with van der Waals surface area (Å²) in [6, 6.07) is 8.43. The van der Waals surface area contributed by atoms with Gasteiger partial charge in [-0.25, -0.2) is 10.3 Å². The first-order valence-corrected chi connectivity index (χ1v) is 9.46. The second-order valence-electron chi connectivity index (χ2n) is 6.62. The first-order chi connectivity index (χ1) is 12.5. The molecule has 1 atom stereocenters. The van der Waals surface area contributed by atoms with E-state index in [0.717, 1.165) is 24.8 Å². The number of carbonyl (C=O) groups excluding carboxylic acids is 3. The van der Waals surface area contributed by atoms with E-state index in [4.69, 9.17) is 0 Å². The monoisotopic (exact) mass is 369 g/mol. The van der Waals surface area contributed by atoms with E-state index in [9.17, 15) is 14.4 Å². The lowest BCUT2D eigenvalue weighted by atomic mass is 10.2. The summed E-state index contributed by atoms with van der Waals surface area (Å²) in [5.41, 5.74) is 8.02. The highest BCUT2D eigenvalue weighted by Crippen LogP contribution is 2.30. The Kier molecular flexibility index (Phi) is 4.34. The van der Waals surface area contributed by atoms with Crippen LogP contribution in [0.1, 0.15) is 38.5 Å². The quantitative estimate of drug-likeness (QED) is 0.639. The smallest absolute Gasteiger partial charge is 0.275 e. The van der Waals surface area contributed by atoms with Crippen molar-refractivity contribution in [3.05, 3.63) is 51.2 Å². The minimum absolute atomic E-state index is 0.0222. The van der Waals surface area contributed by atoms with Crippen molar-refractivity contribution in [2.45, 2.75) is 38.6 Å². The van der Waals surface area contributed by atoms with Gasteiger partial charge in [-0.2, -0.15) is 0 Å². The second-order valence-corrected chi connectivity index (χ2v) is 7.76. The number of aryl methyl sites for hydroxylation is 3. The van der Waals surface area contributed by atoms with E-state index in [-0.39, 0.29) is 24.1 Å². The fourth-order valence-electron chi connectivity index (χ4n) is 3.47. The molecule has 3 amide bonds. The molecule has 1 aromatic carbocycles. The molecule has 26 heavy (non-hydrogen) atoms. The molecule has 4 rings (SSSR count). The Bertz CT molecular complexity index is 884. The van der Waals surface area contributed by atoms with Crippen molar-refractivity contribution >= 4 is 34.7 Å². The topological polar surface area (TPSA) is 78.5 Å². The zero-order valence-corrected chi connectivity index (χ0v) is 15.2. The molecule has 2 aliphatic rings. The molecule has 134 valence electrons. The van der Waals surface area contributed by atoms with E-state index in [2.05, 4.69) is 10.9 Å². The van der Waals surface area contributed by atoms with Crippen LogP contribution < -0.4 is 15.8 Å². The number of fused-ring (bicyclic) bond motifs is 1. The maximum absolute atomic E-state index is 12.6. The molecule has 0 radical (unpaired) electrons. The van der Waals surface area contributed by atoms with E-state index in [1.807, 2.05) is 25.1 Å². The SMILES string of the molecule is Cc1ccccc1N1C(=O)CC(NNC(=O)c2cc3c(s2)CCC3)C1=O. The predicted molar refractivity (Wildman–Crippen MR) is 99.0 cm³/mol. The van der Waals surface area contributed by atoms with Gasteiger partial charge in [0, 0.05) is 4.88 Å². The van der Waals surface area contributed by atoms with Gasteiger partial charge in [0.15, 0.2) is 0 Å². The highest BCUT2D eigenvalue weighted by atomic mass is 32.1. The van der Waals surface area contributed by atoms with Gasteiger partial charge in [-0.05, 0) is 49.4 Å². The number of hydrogen-bond acceptors (Lipinski definition) is 5.